The van der Waals surface area contributed by atoms with Gasteiger partial charge >= 0.3 is 6.03 Å². The summed E-state index contributed by atoms with van der Waals surface area (Å²) in [5.74, 6) is -2.15. The van der Waals surface area contributed by atoms with Gasteiger partial charge in [0, 0.05) is 24.0 Å². The highest BCUT2D eigenvalue weighted by atomic mass is 19.2. The maximum Gasteiger partial charge on any atom is 0.322 e. The predicted molar refractivity (Wildman–Crippen MR) is 100 cm³/mol. The van der Waals surface area contributed by atoms with Crippen LogP contribution in [0.15, 0.2) is 47.3 Å². The smallest absolute Gasteiger partial charge is 0.322 e. The standard InChI is InChI=1S/C20H17F2N3O3/c1-25(20(27)23-11-5-3-2-4-6-11)17-10-28-9-16-18(17)12-7-14(21)15(22)8-13(12)19(26)24-16/h2-8,17H,9-10H2,1H3,(H,23,27)(H,24,26). The van der Waals surface area contributed by atoms with Crippen molar-refractivity contribution >= 4 is 22.5 Å². The Hall–Kier alpha value is -3.26. The number of hydrogen-bond donors (Lipinski definition) is 2. The number of nitrogens with one attached hydrogen (secondary N) is 2. The van der Waals surface area contributed by atoms with E-state index in [2.05, 4.69) is 10.3 Å². The number of aromatic nitrogens is 1. The Labute approximate surface area is 158 Å². The lowest BCUT2D eigenvalue weighted by molar-refractivity contribution is 0.0527. The molecule has 1 atom stereocenters. The van der Waals surface area contributed by atoms with Gasteiger partial charge in [-0.15, -0.1) is 0 Å². The fourth-order valence-corrected chi connectivity index (χ4v) is 3.42. The molecule has 2 N–H and O–H groups in total. The van der Waals surface area contributed by atoms with Crippen molar-refractivity contribution in [1.82, 2.24) is 9.88 Å². The van der Waals surface area contributed by atoms with Gasteiger partial charge in [0.1, 0.15) is 0 Å². The summed E-state index contributed by atoms with van der Waals surface area (Å²) in [6.07, 6.45) is 0. The number of hydrogen-bond acceptors (Lipinski definition) is 3. The van der Waals surface area contributed by atoms with Crippen LogP contribution in [0, 0.1) is 11.6 Å². The Morgan fingerprint density at radius 3 is 2.57 bits per heavy atom. The van der Waals surface area contributed by atoms with Gasteiger partial charge in [-0.2, -0.15) is 0 Å². The first-order chi connectivity index (χ1) is 13.5. The topological polar surface area (TPSA) is 74.4 Å². The summed E-state index contributed by atoms with van der Waals surface area (Å²) >= 11 is 0. The lowest BCUT2D eigenvalue weighted by Crippen LogP contribution is -2.39. The molecule has 2 amide bonds. The van der Waals surface area contributed by atoms with E-state index in [4.69, 9.17) is 4.74 Å². The third kappa shape index (κ3) is 3.11. The number of benzene rings is 2. The lowest BCUT2D eigenvalue weighted by atomic mass is 9.95. The molecule has 3 aromatic rings. The molecule has 2 heterocycles. The van der Waals surface area contributed by atoms with Gasteiger partial charge in [-0.3, -0.25) is 4.79 Å². The van der Waals surface area contributed by atoms with Crippen molar-refractivity contribution in [2.75, 3.05) is 19.0 Å². The highest BCUT2D eigenvalue weighted by Crippen LogP contribution is 2.33. The zero-order valence-corrected chi connectivity index (χ0v) is 15.0. The highest BCUT2D eigenvalue weighted by Gasteiger charge is 2.31. The van der Waals surface area contributed by atoms with Crippen LogP contribution in [0.5, 0.6) is 0 Å². The van der Waals surface area contributed by atoms with Crippen LogP contribution < -0.4 is 10.9 Å². The number of carbonyl (C=O) groups is 1. The number of para-hydroxylation sites is 1. The molecular weight excluding hydrogens is 368 g/mol. The third-order valence-electron chi connectivity index (χ3n) is 4.85. The van der Waals surface area contributed by atoms with Crippen molar-refractivity contribution in [3.63, 3.8) is 0 Å². The van der Waals surface area contributed by atoms with Crippen LogP contribution in [-0.2, 0) is 11.3 Å². The average molecular weight is 385 g/mol. The van der Waals surface area contributed by atoms with E-state index in [0.29, 0.717) is 16.9 Å². The van der Waals surface area contributed by atoms with E-state index in [-0.39, 0.29) is 24.0 Å². The number of halogens is 2. The molecule has 1 aliphatic rings. The van der Waals surface area contributed by atoms with E-state index >= 15 is 0 Å². The number of likely N-dealkylation sites (N-methyl/N-ethyl adjacent to an activating group) is 1. The van der Waals surface area contributed by atoms with Crippen LogP contribution in [0.25, 0.3) is 10.8 Å². The van der Waals surface area contributed by atoms with Crippen LogP contribution in [0.4, 0.5) is 19.3 Å². The molecule has 0 radical (unpaired) electrons. The van der Waals surface area contributed by atoms with Crippen molar-refractivity contribution in [1.29, 1.82) is 0 Å². The molecule has 0 saturated heterocycles. The van der Waals surface area contributed by atoms with E-state index in [1.807, 2.05) is 6.07 Å². The summed E-state index contributed by atoms with van der Waals surface area (Å²) in [5, 5.41) is 3.07. The number of nitrogens with zero attached hydrogens (tertiary/aromatic N) is 1. The summed E-state index contributed by atoms with van der Waals surface area (Å²) < 4.78 is 33.1. The molecule has 4 rings (SSSR count). The quantitative estimate of drug-likeness (QED) is 0.709. The Morgan fingerprint density at radius 1 is 1.18 bits per heavy atom. The minimum absolute atomic E-state index is 0.0291. The Bertz CT molecular complexity index is 1120. The zero-order chi connectivity index (χ0) is 19.8. The number of rotatable bonds is 2. The second-order valence-electron chi connectivity index (χ2n) is 6.60. The minimum Gasteiger partial charge on any atom is -0.373 e. The zero-order valence-electron chi connectivity index (χ0n) is 15.0. The molecule has 1 unspecified atom stereocenters. The average Bonchev–Trinajstić information content (AvgIpc) is 2.69. The summed E-state index contributed by atoms with van der Waals surface area (Å²) in [6.45, 7) is 0.274. The van der Waals surface area contributed by atoms with Crippen LogP contribution in [0.2, 0.25) is 0 Å². The Balaban J connectivity index is 1.77. The van der Waals surface area contributed by atoms with Gasteiger partial charge in [-0.1, -0.05) is 18.2 Å². The molecule has 144 valence electrons. The number of fused-ring (bicyclic) bond motifs is 3. The number of anilines is 1. The number of carbonyl (C=O) groups excluding carboxylic acids is 1. The normalized spacial score (nSPS) is 15.9. The Morgan fingerprint density at radius 2 is 1.86 bits per heavy atom. The molecule has 0 spiro atoms. The number of H-pyrrole nitrogens is 1. The first-order valence-electron chi connectivity index (χ1n) is 8.66. The molecule has 28 heavy (non-hydrogen) atoms. The first kappa shape index (κ1) is 18.1. The third-order valence-corrected chi connectivity index (χ3v) is 4.85. The summed E-state index contributed by atoms with van der Waals surface area (Å²) in [4.78, 5) is 29.1. The monoisotopic (exact) mass is 385 g/mol. The molecule has 0 fully saturated rings. The lowest BCUT2D eigenvalue weighted by Gasteiger charge is -2.33. The number of amides is 2. The van der Waals surface area contributed by atoms with Crippen LogP contribution in [-0.4, -0.2) is 29.6 Å². The van der Waals surface area contributed by atoms with Gasteiger partial charge in [-0.05, 0) is 29.7 Å². The van der Waals surface area contributed by atoms with Gasteiger partial charge in [0.2, 0.25) is 0 Å². The predicted octanol–water partition coefficient (Wildman–Crippen LogP) is 3.54. The van der Waals surface area contributed by atoms with Crippen molar-refractivity contribution in [3.05, 3.63) is 75.7 Å². The largest absolute Gasteiger partial charge is 0.373 e. The van der Waals surface area contributed by atoms with Crippen LogP contribution in [0.3, 0.4) is 0 Å². The van der Waals surface area contributed by atoms with Crippen molar-refractivity contribution in [2.24, 2.45) is 0 Å². The highest BCUT2D eigenvalue weighted by molar-refractivity contribution is 5.91. The molecule has 0 bridgehead atoms. The number of aromatic amines is 1. The Kier molecular flexibility index (Phi) is 4.56. The maximum absolute atomic E-state index is 13.9. The van der Waals surface area contributed by atoms with Crippen LogP contribution in [0.1, 0.15) is 17.3 Å². The van der Waals surface area contributed by atoms with Crippen LogP contribution >= 0.6 is 0 Å². The van der Waals surface area contributed by atoms with E-state index in [9.17, 15) is 18.4 Å². The number of pyridine rings is 1. The fraction of sp³-hybridized carbons (Fsp3) is 0.200. The molecule has 0 saturated carbocycles. The van der Waals surface area contributed by atoms with Gasteiger partial charge in [0.05, 0.1) is 24.6 Å². The van der Waals surface area contributed by atoms with E-state index in [1.54, 1.807) is 31.3 Å². The molecule has 8 heteroatoms. The van der Waals surface area contributed by atoms with Gasteiger partial charge in [0.15, 0.2) is 11.6 Å². The van der Waals surface area contributed by atoms with Gasteiger partial charge < -0.3 is 19.9 Å². The molecule has 1 aliphatic heterocycles. The maximum atomic E-state index is 13.9. The van der Waals surface area contributed by atoms with E-state index < -0.39 is 29.3 Å². The summed E-state index contributed by atoms with van der Waals surface area (Å²) in [7, 11) is 1.58. The van der Waals surface area contributed by atoms with Gasteiger partial charge in [-0.25, -0.2) is 13.6 Å². The molecular formula is C20H17F2N3O3. The fourth-order valence-electron chi connectivity index (χ4n) is 3.42. The van der Waals surface area contributed by atoms with E-state index in [0.717, 1.165) is 12.1 Å². The summed E-state index contributed by atoms with van der Waals surface area (Å²) in [5.41, 5.74) is 1.08. The summed E-state index contributed by atoms with van der Waals surface area (Å²) in [6, 6.07) is 9.82. The van der Waals surface area contributed by atoms with Gasteiger partial charge in [0.25, 0.3) is 5.56 Å². The van der Waals surface area contributed by atoms with Crippen molar-refractivity contribution in [3.8, 4) is 0 Å². The molecule has 2 aromatic carbocycles. The second kappa shape index (κ2) is 7.05. The molecule has 6 nitrogen and oxygen atoms in total. The van der Waals surface area contributed by atoms with Crippen molar-refractivity contribution < 1.29 is 18.3 Å². The van der Waals surface area contributed by atoms with Crippen molar-refractivity contribution in [2.45, 2.75) is 12.6 Å². The minimum atomic E-state index is -1.10. The second-order valence-corrected chi connectivity index (χ2v) is 6.60. The number of ether oxygens (including phenoxy) is 1. The van der Waals surface area contributed by atoms with E-state index in [1.165, 1.54) is 4.90 Å². The SMILES string of the molecule is CN(C(=O)Nc1ccccc1)C1COCc2[nH]c(=O)c3cc(F)c(F)cc3c21. The molecule has 0 aliphatic carbocycles. The first-order valence-corrected chi connectivity index (χ1v) is 8.66. The molecule has 1 aromatic heterocycles. The number of urea groups is 1.